The van der Waals surface area contributed by atoms with Gasteiger partial charge in [0, 0.05) is 19.0 Å². The van der Waals surface area contributed by atoms with Crippen LogP contribution in [0.25, 0.3) is 0 Å². The number of rotatable bonds is 1. The molecule has 0 radical (unpaired) electrons. The Balaban J connectivity index is 1.88. The zero-order valence-electron chi connectivity index (χ0n) is 6.51. The van der Waals surface area contributed by atoms with Gasteiger partial charge in [0.25, 0.3) is 0 Å². The summed E-state index contributed by atoms with van der Waals surface area (Å²) >= 11 is 0. The minimum atomic E-state index is 0.111. The van der Waals surface area contributed by atoms with Crippen LogP contribution in [0.5, 0.6) is 0 Å². The van der Waals surface area contributed by atoms with Gasteiger partial charge < -0.3 is 14.8 Å². The number of carbonyl (C=O) groups is 1. The Morgan fingerprint density at radius 1 is 1.55 bits per heavy atom. The number of nitrogens with one attached hydrogen (secondary N) is 1. The van der Waals surface area contributed by atoms with Gasteiger partial charge in [0.15, 0.2) is 0 Å². The van der Waals surface area contributed by atoms with Crippen LogP contribution in [0.2, 0.25) is 0 Å². The molecule has 1 spiro atoms. The Hall–Kier alpha value is -0.410. The molecule has 2 saturated heterocycles. The van der Waals surface area contributed by atoms with Crippen molar-refractivity contribution in [3.8, 4) is 0 Å². The molecular weight excluding hydrogens is 142 g/mol. The number of hydrogen-bond donors (Lipinski definition) is 1. The molecule has 2 fully saturated rings. The predicted molar refractivity (Wildman–Crippen MR) is 40.3 cm³/mol. The van der Waals surface area contributed by atoms with Crippen LogP contribution >= 0.6 is 0 Å². The van der Waals surface area contributed by atoms with E-state index in [2.05, 4.69) is 5.32 Å². The maximum atomic E-state index is 10.4. The summed E-state index contributed by atoms with van der Waals surface area (Å²) in [6, 6.07) is 0. The van der Waals surface area contributed by atoms with Gasteiger partial charge in [-0.15, -0.1) is 0 Å². The molecule has 2 aliphatic heterocycles. The minimum Gasteiger partial charge on any atom is -0.372 e. The molecule has 2 aliphatic rings. The highest BCUT2D eigenvalue weighted by molar-refractivity contribution is 5.53. The quantitative estimate of drug-likeness (QED) is 0.540. The number of carbonyl (C=O) groups excluding carboxylic acids is 1. The number of ether oxygens (including phenoxy) is 1. The molecule has 0 bridgehead atoms. The second kappa shape index (κ2) is 2.57. The van der Waals surface area contributed by atoms with Crippen molar-refractivity contribution in [2.24, 2.45) is 5.92 Å². The lowest BCUT2D eigenvalue weighted by atomic mass is 9.85. The SMILES string of the molecule is O=CC1CCC2(CNC2)OC1. The third kappa shape index (κ3) is 1.19. The van der Waals surface area contributed by atoms with Crippen LogP contribution in [0.3, 0.4) is 0 Å². The summed E-state index contributed by atoms with van der Waals surface area (Å²) < 4.78 is 5.61. The Labute approximate surface area is 66.1 Å². The summed E-state index contributed by atoms with van der Waals surface area (Å²) in [5.41, 5.74) is 0.111. The van der Waals surface area contributed by atoms with Crippen LogP contribution in [0.4, 0.5) is 0 Å². The summed E-state index contributed by atoms with van der Waals surface area (Å²) in [6.07, 6.45) is 3.06. The average molecular weight is 155 g/mol. The molecule has 1 atom stereocenters. The van der Waals surface area contributed by atoms with Gasteiger partial charge in [0.1, 0.15) is 6.29 Å². The average Bonchev–Trinajstić information content (AvgIpc) is 2.02. The fourth-order valence-corrected chi connectivity index (χ4v) is 1.68. The van der Waals surface area contributed by atoms with E-state index in [4.69, 9.17) is 4.74 Å². The largest absolute Gasteiger partial charge is 0.372 e. The van der Waals surface area contributed by atoms with E-state index in [9.17, 15) is 4.79 Å². The Morgan fingerprint density at radius 2 is 2.36 bits per heavy atom. The molecule has 2 rings (SSSR count). The van der Waals surface area contributed by atoms with Gasteiger partial charge in [-0.2, -0.15) is 0 Å². The topological polar surface area (TPSA) is 38.3 Å². The maximum absolute atomic E-state index is 10.4. The molecule has 3 heteroatoms. The lowest BCUT2D eigenvalue weighted by molar-refractivity contribution is -0.139. The maximum Gasteiger partial charge on any atom is 0.125 e. The Morgan fingerprint density at radius 3 is 2.73 bits per heavy atom. The first-order chi connectivity index (χ1) is 5.35. The first kappa shape index (κ1) is 7.25. The van der Waals surface area contributed by atoms with Gasteiger partial charge in [-0.05, 0) is 12.8 Å². The lowest BCUT2D eigenvalue weighted by Crippen LogP contribution is -2.63. The van der Waals surface area contributed by atoms with Crippen LogP contribution < -0.4 is 5.32 Å². The molecule has 1 unspecified atom stereocenters. The van der Waals surface area contributed by atoms with Crippen molar-refractivity contribution in [3.63, 3.8) is 0 Å². The van der Waals surface area contributed by atoms with Crippen molar-refractivity contribution in [2.75, 3.05) is 19.7 Å². The number of aldehydes is 1. The zero-order chi connectivity index (χ0) is 7.73. The fraction of sp³-hybridized carbons (Fsp3) is 0.875. The van der Waals surface area contributed by atoms with Crippen LogP contribution in [-0.2, 0) is 9.53 Å². The third-order valence-corrected chi connectivity index (χ3v) is 2.66. The molecule has 3 nitrogen and oxygen atoms in total. The van der Waals surface area contributed by atoms with Gasteiger partial charge in [-0.3, -0.25) is 0 Å². The molecule has 0 aromatic rings. The second-order valence-corrected chi connectivity index (χ2v) is 3.53. The summed E-state index contributed by atoms with van der Waals surface area (Å²) in [4.78, 5) is 10.4. The van der Waals surface area contributed by atoms with Gasteiger partial charge in [-0.25, -0.2) is 0 Å². The predicted octanol–water partition coefficient (Wildman–Crippen LogP) is -0.0461. The standard InChI is InChI=1S/C8H13NO2/c10-3-7-1-2-8(11-4-7)5-9-6-8/h3,7,9H,1-2,4-6H2. The first-order valence-corrected chi connectivity index (χ1v) is 4.15. The molecule has 0 aromatic heterocycles. The van der Waals surface area contributed by atoms with Crippen molar-refractivity contribution >= 4 is 6.29 Å². The van der Waals surface area contributed by atoms with E-state index in [-0.39, 0.29) is 11.5 Å². The molecule has 0 amide bonds. The van der Waals surface area contributed by atoms with Gasteiger partial charge in [0.2, 0.25) is 0 Å². The summed E-state index contributed by atoms with van der Waals surface area (Å²) in [7, 11) is 0. The van der Waals surface area contributed by atoms with E-state index in [1.807, 2.05) is 0 Å². The molecule has 0 saturated carbocycles. The van der Waals surface area contributed by atoms with Gasteiger partial charge in [-0.1, -0.05) is 0 Å². The van der Waals surface area contributed by atoms with Gasteiger partial charge in [0.05, 0.1) is 12.2 Å². The van der Waals surface area contributed by atoms with E-state index in [1.54, 1.807) is 0 Å². The van der Waals surface area contributed by atoms with Gasteiger partial charge >= 0.3 is 0 Å². The number of hydrogen-bond acceptors (Lipinski definition) is 3. The highest BCUT2D eigenvalue weighted by atomic mass is 16.5. The van der Waals surface area contributed by atoms with Crippen molar-refractivity contribution < 1.29 is 9.53 Å². The monoisotopic (exact) mass is 155 g/mol. The lowest BCUT2D eigenvalue weighted by Gasteiger charge is -2.46. The molecule has 1 N–H and O–H groups in total. The van der Waals surface area contributed by atoms with Crippen molar-refractivity contribution in [2.45, 2.75) is 18.4 Å². The van der Waals surface area contributed by atoms with Crippen LogP contribution in [0.1, 0.15) is 12.8 Å². The highest BCUT2D eigenvalue weighted by Crippen LogP contribution is 2.30. The molecule has 0 aromatic carbocycles. The third-order valence-electron chi connectivity index (χ3n) is 2.66. The zero-order valence-corrected chi connectivity index (χ0v) is 6.51. The Bertz CT molecular complexity index is 155. The molecule has 62 valence electrons. The van der Waals surface area contributed by atoms with Crippen molar-refractivity contribution in [3.05, 3.63) is 0 Å². The fourth-order valence-electron chi connectivity index (χ4n) is 1.68. The van der Waals surface area contributed by atoms with Crippen molar-refractivity contribution in [1.29, 1.82) is 0 Å². The van der Waals surface area contributed by atoms with E-state index in [1.165, 1.54) is 0 Å². The first-order valence-electron chi connectivity index (χ1n) is 4.15. The summed E-state index contributed by atoms with van der Waals surface area (Å²) in [5.74, 6) is 0.154. The summed E-state index contributed by atoms with van der Waals surface area (Å²) in [6.45, 7) is 2.57. The van der Waals surface area contributed by atoms with Crippen LogP contribution in [-0.4, -0.2) is 31.6 Å². The normalized spacial score (nSPS) is 34.7. The molecule has 0 aliphatic carbocycles. The molecule has 11 heavy (non-hydrogen) atoms. The van der Waals surface area contributed by atoms with E-state index >= 15 is 0 Å². The Kier molecular flexibility index (Phi) is 1.69. The highest BCUT2D eigenvalue weighted by Gasteiger charge is 2.41. The second-order valence-electron chi connectivity index (χ2n) is 3.53. The van der Waals surface area contributed by atoms with E-state index in [0.717, 1.165) is 32.2 Å². The van der Waals surface area contributed by atoms with Crippen LogP contribution in [0.15, 0.2) is 0 Å². The minimum absolute atomic E-state index is 0.111. The van der Waals surface area contributed by atoms with Crippen molar-refractivity contribution in [1.82, 2.24) is 5.32 Å². The molecule has 2 heterocycles. The van der Waals surface area contributed by atoms with E-state index < -0.39 is 0 Å². The molecular formula is C8H13NO2. The summed E-state index contributed by atoms with van der Waals surface area (Å²) in [5, 5.41) is 3.19. The van der Waals surface area contributed by atoms with E-state index in [0.29, 0.717) is 6.61 Å². The van der Waals surface area contributed by atoms with Crippen LogP contribution in [0, 0.1) is 5.92 Å². The smallest absolute Gasteiger partial charge is 0.125 e.